The van der Waals surface area contributed by atoms with Crippen molar-refractivity contribution < 1.29 is 14.3 Å². The molecule has 1 aromatic heterocycles. The number of piperidine rings is 1. The van der Waals surface area contributed by atoms with Gasteiger partial charge in [-0.05, 0) is 38.8 Å². The molecule has 22 heavy (non-hydrogen) atoms. The third kappa shape index (κ3) is 3.15. The molecule has 0 aromatic carbocycles. The third-order valence-electron chi connectivity index (χ3n) is 4.51. The molecule has 3 rings (SSSR count). The number of nitrogens with zero attached hydrogens (tertiary/aromatic N) is 2. The van der Waals surface area contributed by atoms with Gasteiger partial charge in [-0.15, -0.1) is 0 Å². The maximum Gasteiger partial charge on any atom is 0.272 e. The summed E-state index contributed by atoms with van der Waals surface area (Å²) in [6, 6.07) is 5.57. The van der Waals surface area contributed by atoms with E-state index in [4.69, 9.17) is 9.47 Å². The van der Waals surface area contributed by atoms with Crippen LogP contribution in [0.4, 0.5) is 0 Å². The van der Waals surface area contributed by atoms with Crippen LogP contribution in [0.1, 0.15) is 42.4 Å². The summed E-state index contributed by atoms with van der Waals surface area (Å²) < 4.78 is 11.7. The first-order chi connectivity index (χ1) is 10.6. The lowest BCUT2D eigenvalue weighted by Gasteiger charge is -2.39. The van der Waals surface area contributed by atoms with Crippen molar-refractivity contribution in [1.82, 2.24) is 9.88 Å². The molecule has 0 N–H and O–H groups in total. The largest absolute Gasteiger partial charge is 0.376 e. The Labute approximate surface area is 131 Å². The molecule has 0 saturated carbocycles. The maximum atomic E-state index is 12.7. The van der Waals surface area contributed by atoms with Crippen molar-refractivity contribution in [3.63, 3.8) is 0 Å². The first-order valence-corrected chi connectivity index (χ1v) is 8.10. The lowest BCUT2D eigenvalue weighted by molar-refractivity contribution is -0.0463. The summed E-state index contributed by atoms with van der Waals surface area (Å²) in [5.74, 6) is 0.00577. The Bertz CT molecular complexity index is 548. The molecule has 2 saturated heterocycles. The Hall–Kier alpha value is -1.46. The summed E-state index contributed by atoms with van der Waals surface area (Å²) in [5.41, 5.74) is 1.17. The van der Waals surface area contributed by atoms with Crippen LogP contribution >= 0.6 is 0 Å². The standard InChI is InChI=1S/C17H24N2O3/c1-3-21-14-10-17(22-11-14)8-5-9-19(12-17)16(20)15-7-4-6-13(2)18-15/h4,6-7,14H,3,5,8-12H2,1-2H3/t14-,17-/m0/s1. The number of hydrogen-bond acceptors (Lipinski definition) is 4. The van der Waals surface area contributed by atoms with Gasteiger partial charge >= 0.3 is 0 Å². The number of likely N-dealkylation sites (tertiary alicyclic amines) is 1. The van der Waals surface area contributed by atoms with E-state index < -0.39 is 0 Å². The molecule has 0 bridgehead atoms. The van der Waals surface area contributed by atoms with Crippen molar-refractivity contribution in [3.8, 4) is 0 Å². The van der Waals surface area contributed by atoms with Crippen LogP contribution < -0.4 is 0 Å². The number of amides is 1. The van der Waals surface area contributed by atoms with Gasteiger partial charge in [0, 0.05) is 25.3 Å². The van der Waals surface area contributed by atoms with Gasteiger partial charge in [0.1, 0.15) is 5.69 Å². The number of hydrogen-bond donors (Lipinski definition) is 0. The highest BCUT2D eigenvalue weighted by atomic mass is 16.6. The number of aryl methyl sites for hydroxylation is 1. The molecular formula is C17H24N2O3. The highest BCUT2D eigenvalue weighted by molar-refractivity contribution is 5.92. The van der Waals surface area contributed by atoms with Crippen LogP contribution in [0.5, 0.6) is 0 Å². The number of pyridine rings is 1. The summed E-state index contributed by atoms with van der Waals surface area (Å²) in [6.45, 7) is 6.68. The molecule has 1 spiro atoms. The number of carbonyl (C=O) groups is 1. The molecule has 0 radical (unpaired) electrons. The van der Waals surface area contributed by atoms with Gasteiger partial charge in [0.05, 0.1) is 24.9 Å². The SMILES string of the molecule is CCO[C@@H]1CO[C@@]2(CCCN(C(=O)c3cccc(C)n3)C2)C1. The lowest BCUT2D eigenvalue weighted by atomic mass is 9.89. The number of aromatic nitrogens is 1. The second-order valence-corrected chi connectivity index (χ2v) is 6.27. The highest BCUT2D eigenvalue weighted by Crippen LogP contribution is 2.36. The molecule has 1 amide bonds. The van der Waals surface area contributed by atoms with E-state index >= 15 is 0 Å². The summed E-state index contributed by atoms with van der Waals surface area (Å²) in [4.78, 5) is 18.9. The van der Waals surface area contributed by atoms with Gasteiger partial charge in [0.15, 0.2) is 0 Å². The van der Waals surface area contributed by atoms with E-state index in [-0.39, 0.29) is 17.6 Å². The smallest absolute Gasteiger partial charge is 0.272 e. The number of rotatable bonds is 3. The Kier molecular flexibility index (Phi) is 4.45. The average Bonchev–Trinajstić information content (AvgIpc) is 2.89. The van der Waals surface area contributed by atoms with Crippen molar-refractivity contribution in [2.75, 3.05) is 26.3 Å². The van der Waals surface area contributed by atoms with E-state index in [0.29, 0.717) is 25.5 Å². The minimum atomic E-state index is -0.225. The van der Waals surface area contributed by atoms with E-state index in [0.717, 1.165) is 31.5 Å². The second kappa shape index (κ2) is 6.34. The molecular weight excluding hydrogens is 280 g/mol. The lowest BCUT2D eigenvalue weighted by Crippen LogP contribution is -2.50. The molecule has 1 aromatic rings. The minimum absolute atomic E-state index is 0.00577. The topological polar surface area (TPSA) is 51.7 Å². The summed E-state index contributed by atoms with van der Waals surface area (Å²) >= 11 is 0. The van der Waals surface area contributed by atoms with Crippen molar-refractivity contribution in [2.24, 2.45) is 0 Å². The predicted octanol–water partition coefficient (Wildman–Crippen LogP) is 2.19. The van der Waals surface area contributed by atoms with E-state index in [1.54, 1.807) is 6.07 Å². The van der Waals surface area contributed by atoms with Crippen molar-refractivity contribution in [2.45, 2.75) is 44.8 Å². The second-order valence-electron chi connectivity index (χ2n) is 6.27. The minimum Gasteiger partial charge on any atom is -0.376 e. The van der Waals surface area contributed by atoms with Crippen molar-refractivity contribution >= 4 is 5.91 Å². The molecule has 0 aliphatic carbocycles. The van der Waals surface area contributed by atoms with Gasteiger partial charge in [-0.1, -0.05) is 6.07 Å². The highest BCUT2D eigenvalue weighted by Gasteiger charge is 2.45. The van der Waals surface area contributed by atoms with E-state index in [9.17, 15) is 4.79 Å². The van der Waals surface area contributed by atoms with Crippen LogP contribution in [0.25, 0.3) is 0 Å². The van der Waals surface area contributed by atoms with Crippen molar-refractivity contribution in [3.05, 3.63) is 29.6 Å². The van der Waals surface area contributed by atoms with Gasteiger partial charge in [-0.25, -0.2) is 4.98 Å². The molecule has 2 fully saturated rings. The zero-order chi connectivity index (χ0) is 15.6. The van der Waals surface area contributed by atoms with Crippen LogP contribution in [-0.4, -0.2) is 53.8 Å². The van der Waals surface area contributed by atoms with E-state index in [1.165, 1.54) is 0 Å². The predicted molar refractivity (Wildman–Crippen MR) is 82.8 cm³/mol. The molecule has 2 atom stereocenters. The molecule has 5 nitrogen and oxygen atoms in total. The molecule has 120 valence electrons. The van der Waals surface area contributed by atoms with Gasteiger partial charge in [-0.2, -0.15) is 0 Å². The van der Waals surface area contributed by atoms with Crippen LogP contribution in [-0.2, 0) is 9.47 Å². The van der Waals surface area contributed by atoms with Crippen LogP contribution in [0.2, 0.25) is 0 Å². The molecule has 0 unspecified atom stereocenters. The normalized spacial score (nSPS) is 28.3. The fourth-order valence-corrected chi connectivity index (χ4v) is 3.53. The first-order valence-electron chi connectivity index (χ1n) is 8.10. The van der Waals surface area contributed by atoms with Crippen LogP contribution in [0.15, 0.2) is 18.2 Å². The summed E-state index contributed by atoms with van der Waals surface area (Å²) in [7, 11) is 0. The van der Waals surface area contributed by atoms with Gasteiger partial charge in [0.2, 0.25) is 0 Å². The maximum absolute atomic E-state index is 12.7. The molecule has 2 aliphatic heterocycles. The van der Waals surface area contributed by atoms with Crippen molar-refractivity contribution in [1.29, 1.82) is 0 Å². The quantitative estimate of drug-likeness (QED) is 0.859. The third-order valence-corrected chi connectivity index (χ3v) is 4.51. The van der Waals surface area contributed by atoms with Crippen LogP contribution in [0, 0.1) is 6.92 Å². The fourth-order valence-electron chi connectivity index (χ4n) is 3.53. The molecule has 5 heteroatoms. The zero-order valence-electron chi connectivity index (χ0n) is 13.4. The van der Waals surface area contributed by atoms with Gasteiger partial charge in [-0.3, -0.25) is 4.79 Å². The molecule has 2 aliphatic rings. The number of carbonyl (C=O) groups excluding carboxylic acids is 1. The number of ether oxygens (including phenoxy) is 2. The summed E-state index contributed by atoms with van der Waals surface area (Å²) in [6.07, 6.45) is 3.02. The Morgan fingerprint density at radius 2 is 2.41 bits per heavy atom. The summed E-state index contributed by atoms with van der Waals surface area (Å²) in [5, 5.41) is 0. The average molecular weight is 304 g/mol. The molecule has 3 heterocycles. The van der Waals surface area contributed by atoms with Crippen LogP contribution in [0.3, 0.4) is 0 Å². The van der Waals surface area contributed by atoms with Gasteiger partial charge in [0.25, 0.3) is 5.91 Å². The monoisotopic (exact) mass is 304 g/mol. The van der Waals surface area contributed by atoms with E-state index in [1.807, 2.05) is 30.9 Å². The zero-order valence-corrected chi connectivity index (χ0v) is 13.4. The Morgan fingerprint density at radius 1 is 1.55 bits per heavy atom. The first kappa shape index (κ1) is 15.4. The Morgan fingerprint density at radius 3 is 3.18 bits per heavy atom. The fraction of sp³-hybridized carbons (Fsp3) is 0.647. The Balaban J connectivity index is 1.69. The van der Waals surface area contributed by atoms with E-state index in [2.05, 4.69) is 4.98 Å². The van der Waals surface area contributed by atoms with Gasteiger partial charge < -0.3 is 14.4 Å².